The lowest BCUT2D eigenvalue weighted by Gasteiger charge is -2.07. The van der Waals surface area contributed by atoms with Crippen LogP contribution in [0.1, 0.15) is 23.7 Å². The summed E-state index contributed by atoms with van der Waals surface area (Å²) in [6.07, 6.45) is -1.32. The molecule has 72 valence electrons. The standard InChI is InChI=1S/C8H10F2N2O/c9-8(10)7-2-1-5(3-12-7)6(11)4-13/h1-3,6,8,13H,4,11H2. The molecule has 0 aliphatic heterocycles. The molecule has 0 amide bonds. The first kappa shape index (κ1) is 10.0. The van der Waals surface area contributed by atoms with Crippen molar-refractivity contribution in [2.45, 2.75) is 12.5 Å². The number of nitrogens with two attached hydrogens (primary N) is 1. The van der Waals surface area contributed by atoms with E-state index in [2.05, 4.69) is 4.98 Å². The van der Waals surface area contributed by atoms with E-state index >= 15 is 0 Å². The summed E-state index contributed by atoms with van der Waals surface area (Å²) in [6.45, 7) is -0.226. The Balaban J connectivity index is 2.81. The van der Waals surface area contributed by atoms with Crippen LogP contribution in [0.15, 0.2) is 18.3 Å². The summed E-state index contributed by atoms with van der Waals surface area (Å²) >= 11 is 0. The van der Waals surface area contributed by atoms with E-state index in [4.69, 9.17) is 10.8 Å². The summed E-state index contributed by atoms with van der Waals surface area (Å²) in [5.41, 5.74) is 5.71. The smallest absolute Gasteiger partial charge is 0.280 e. The van der Waals surface area contributed by atoms with Crippen molar-refractivity contribution >= 4 is 0 Å². The number of alkyl halides is 2. The number of aromatic nitrogens is 1. The summed E-state index contributed by atoms with van der Waals surface area (Å²) in [5.74, 6) is 0. The van der Waals surface area contributed by atoms with Gasteiger partial charge in [-0.25, -0.2) is 8.78 Å². The molecule has 5 heteroatoms. The number of rotatable bonds is 3. The number of halogens is 2. The van der Waals surface area contributed by atoms with E-state index in [1.54, 1.807) is 0 Å². The van der Waals surface area contributed by atoms with Crippen LogP contribution in [0.3, 0.4) is 0 Å². The molecule has 0 spiro atoms. The third kappa shape index (κ3) is 2.43. The lowest BCUT2D eigenvalue weighted by Crippen LogP contribution is -2.14. The first-order valence-corrected chi connectivity index (χ1v) is 3.75. The van der Waals surface area contributed by atoms with Crippen molar-refractivity contribution in [2.75, 3.05) is 6.61 Å². The number of aliphatic hydroxyl groups excluding tert-OH is 1. The summed E-state index contributed by atoms with van der Waals surface area (Å²) in [5, 5.41) is 8.67. The van der Waals surface area contributed by atoms with Crippen LogP contribution in [0.2, 0.25) is 0 Å². The fourth-order valence-corrected chi connectivity index (χ4v) is 0.871. The second-order valence-corrected chi connectivity index (χ2v) is 2.61. The third-order valence-electron chi connectivity index (χ3n) is 1.66. The van der Waals surface area contributed by atoms with Crippen LogP contribution >= 0.6 is 0 Å². The molecule has 0 saturated heterocycles. The van der Waals surface area contributed by atoms with E-state index in [-0.39, 0.29) is 12.3 Å². The van der Waals surface area contributed by atoms with Crippen LogP contribution < -0.4 is 5.73 Å². The van der Waals surface area contributed by atoms with E-state index in [1.165, 1.54) is 18.3 Å². The Bertz CT molecular complexity index is 263. The maximum absolute atomic E-state index is 12.0. The highest BCUT2D eigenvalue weighted by atomic mass is 19.3. The highest BCUT2D eigenvalue weighted by molar-refractivity contribution is 5.17. The van der Waals surface area contributed by atoms with Gasteiger partial charge in [0.1, 0.15) is 5.69 Å². The number of aliphatic hydroxyl groups is 1. The molecule has 1 unspecified atom stereocenters. The summed E-state index contributed by atoms with van der Waals surface area (Å²) < 4.78 is 24.1. The van der Waals surface area contributed by atoms with Crippen molar-refractivity contribution in [1.29, 1.82) is 0 Å². The highest BCUT2D eigenvalue weighted by Gasteiger charge is 2.09. The van der Waals surface area contributed by atoms with Gasteiger partial charge in [-0.15, -0.1) is 0 Å². The molecule has 0 aliphatic rings. The molecule has 0 bridgehead atoms. The van der Waals surface area contributed by atoms with Gasteiger partial charge in [0.25, 0.3) is 6.43 Å². The predicted molar refractivity (Wildman–Crippen MR) is 43.2 cm³/mol. The summed E-state index contributed by atoms with van der Waals surface area (Å²) in [6, 6.07) is 2.09. The lowest BCUT2D eigenvalue weighted by molar-refractivity contribution is 0.146. The minimum Gasteiger partial charge on any atom is -0.394 e. The molecule has 1 aromatic rings. The number of nitrogens with zero attached hydrogens (tertiary/aromatic N) is 1. The Kier molecular flexibility index (Phi) is 3.27. The van der Waals surface area contributed by atoms with Gasteiger partial charge in [-0.1, -0.05) is 6.07 Å². The van der Waals surface area contributed by atoms with Gasteiger partial charge in [-0.05, 0) is 11.6 Å². The first-order chi connectivity index (χ1) is 6.15. The molecule has 1 heterocycles. The van der Waals surface area contributed by atoms with Crippen molar-refractivity contribution in [2.24, 2.45) is 5.73 Å². The van der Waals surface area contributed by atoms with Gasteiger partial charge in [-0.2, -0.15) is 0 Å². The van der Waals surface area contributed by atoms with Crippen LogP contribution in [-0.4, -0.2) is 16.7 Å². The topological polar surface area (TPSA) is 59.1 Å². The van der Waals surface area contributed by atoms with Gasteiger partial charge >= 0.3 is 0 Å². The molecule has 3 N–H and O–H groups in total. The van der Waals surface area contributed by atoms with Crippen LogP contribution in [0.25, 0.3) is 0 Å². The van der Waals surface area contributed by atoms with Gasteiger partial charge in [-0.3, -0.25) is 4.98 Å². The van der Waals surface area contributed by atoms with E-state index in [0.717, 1.165) is 0 Å². The van der Waals surface area contributed by atoms with Gasteiger partial charge < -0.3 is 10.8 Å². The zero-order valence-electron chi connectivity index (χ0n) is 6.82. The minimum atomic E-state index is -2.57. The average molecular weight is 188 g/mol. The largest absolute Gasteiger partial charge is 0.394 e. The number of pyridine rings is 1. The third-order valence-corrected chi connectivity index (χ3v) is 1.66. The zero-order chi connectivity index (χ0) is 9.84. The van der Waals surface area contributed by atoms with Crippen molar-refractivity contribution in [3.63, 3.8) is 0 Å². The molecule has 0 saturated carbocycles. The van der Waals surface area contributed by atoms with Gasteiger partial charge in [0.2, 0.25) is 0 Å². The lowest BCUT2D eigenvalue weighted by atomic mass is 10.1. The molecular weight excluding hydrogens is 178 g/mol. The molecule has 0 aliphatic carbocycles. The Morgan fingerprint density at radius 2 is 2.15 bits per heavy atom. The predicted octanol–water partition coefficient (Wildman–Crippen LogP) is 1.01. The van der Waals surface area contributed by atoms with Crippen molar-refractivity contribution in [3.8, 4) is 0 Å². The van der Waals surface area contributed by atoms with E-state index < -0.39 is 12.5 Å². The number of hydrogen-bond donors (Lipinski definition) is 2. The Labute approximate surface area is 74.2 Å². The Morgan fingerprint density at radius 3 is 2.54 bits per heavy atom. The molecule has 1 atom stereocenters. The fraction of sp³-hybridized carbons (Fsp3) is 0.375. The highest BCUT2D eigenvalue weighted by Crippen LogP contribution is 2.17. The van der Waals surface area contributed by atoms with E-state index in [1.807, 2.05) is 0 Å². The molecule has 0 fully saturated rings. The van der Waals surface area contributed by atoms with E-state index in [9.17, 15) is 8.78 Å². The zero-order valence-corrected chi connectivity index (χ0v) is 6.82. The van der Waals surface area contributed by atoms with Crippen LogP contribution in [0, 0.1) is 0 Å². The second kappa shape index (κ2) is 4.25. The quantitative estimate of drug-likeness (QED) is 0.744. The maximum atomic E-state index is 12.0. The van der Waals surface area contributed by atoms with Crippen molar-refractivity contribution in [3.05, 3.63) is 29.6 Å². The number of hydrogen-bond acceptors (Lipinski definition) is 3. The van der Waals surface area contributed by atoms with Crippen LogP contribution in [0.4, 0.5) is 8.78 Å². The van der Waals surface area contributed by atoms with Crippen LogP contribution in [-0.2, 0) is 0 Å². The second-order valence-electron chi connectivity index (χ2n) is 2.61. The SMILES string of the molecule is NC(CO)c1ccc(C(F)F)nc1. The van der Waals surface area contributed by atoms with E-state index in [0.29, 0.717) is 5.56 Å². The minimum absolute atomic E-state index is 0.226. The van der Waals surface area contributed by atoms with Gasteiger partial charge in [0, 0.05) is 6.20 Å². The Hall–Kier alpha value is -1.07. The van der Waals surface area contributed by atoms with Gasteiger partial charge in [0.05, 0.1) is 12.6 Å². The van der Waals surface area contributed by atoms with Crippen molar-refractivity contribution in [1.82, 2.24) is 4.98 Å². The molecule has 3 nitrogen and oxygen atoms in total. The normalized spacial score (nSPS) is 13.3. The molecule has 0 aromatic carbocycles. The van der Waals surface area contributed by atoms with Gasteiger partial charge in [0.15, 0.2) is 0 Å². The molecule has 13 heavy (non-hydrogen) atoms. The monoisotopic (exact) mass is 188 g/mol. The average Bonchev–Trinajstić information content (AvgIpc) is 2.17. The molecule has 1 aromatic heterocycles. The van der Waals surface area contributed by atoms with Crippen molar-refractivity contribution < 1.29 is 13.9 Å². The van der Waals surface area contributed by atoms with Crippen LogP contribution in [0.5, 0.6) is 0 Å². The summed E-state index contributed by atoms with van der Waals surface area (Å²) in [7, 11) is 0. The first-order valence-electron chi connectivity index (χ1n) is 3.75. The fourth-order valence-electron chi connectivity index (χ4n) is 0.871. The molecule has 1 rings (SSSR count). The maximum Gasteiger partial charge on any atom is 0.280 e. The Morgan fingerprint density at radius 1 is 1.46 bits per heavy atom. The molecular formula is C8H10F2N2O. The molecule has 0 radical (unpaired) electrons. The summed E-state index contributed by atoms with van der Waals surface area (Å²) in [4.78, 5) is 3.51.